The summed E-state index contributed by atoms with van der Waals surface area (Å²) in [4.78, 5) is 11.1. The molecule has 2 aromatic rings. The van der Waals surface area contributed by atoms with Gasteiger partial charge in [-0.25, -0.2) is 19.3 Å². The van der Waals surface area contributed by atoms with Crippen molar-refractivity contribution < 1.29 is 13.6 Å². The fraction of sp³-hybridized carbons (Fsp3) is 0.100. The summed E-state index contributed by atoms with van der Waals surface area (Å²) < 4.78 is 27.9. The Bertz CT molecular complexity index is 563. The molecule has 2 rings (SSSR count). The predicted octanol–water partition coefficient (Wildman–Crippen LogP) is 0.208. The van der Waals surface area contributed by atoms with Crippen LogP contribution in [-0.4, -0.2) is 20.9 Å². The van der Waals surface area contributed by atoms with Gasteiger partial charge in [-0.05, 0) is 12.1 Å². The first-order valence-electron chi connectivity index (χ1n) is 4.96. The molecule has 0 spiro atoms. The maximum Gasteiger partial charge on any atom is 0.287 e. The quantitative estimate of drug-likeness (QED) is 0.465. The van der Waals surface area contributed by atoms with Crippen LogP contribution in [0.3, 0.4) is 0 Å². The zero-order valence-electron chi connectivity index (χ0n) is 9.10. The van der Waals surface area contributed by atoms with Crippen molar-refractivity contribution in [1.82, 2.24) is 20.4 Å². The lowest BCUT2D eigenvalue weighted by molar-refractivity contribution is 0.0948. The number of nitrogen functional groups attached to an aromatic ring is 1. The lowest BCUT2D eigenvalue weighted by Gasteiger charge is -2.03. The fourth-order valence-electron chi connectivity index (χ4n) is 1.40. The van der Waals surface area contributed by atoms with Crippen molar-refractivity contribution in [2.24, 2.45) is 5.84 Å². The van der Waals surface area contributed by atoms with Crippen LogP contribution in [0.1, 0.15) is 16.1 Å². The van der Waals surface area contributed by atoms with Crippen LogP contribution < -0.4 is 11.3 Å². The van der Waals surface area contributed by atoms with Gasteiger partial charge in [-0.2, -0.15) is 0 Å². The molecule has 6 nitrogen and oxygen atoms in total. The maximum atomic E-state index is 13.4. The summed E-state index contributed by atoms with van der Waals surface area (Å²) in [5.41, 5.74) is 1.69. The lowest BCUT2D eigenvalue weighted by Crippen LogP contribution is -2.30. The van der Waals surface area contributed by atoms with Gasteiger partial charge in [0.05, 0.1) is 12.7 Å². The Morgan fingerprint density at radius 3 is 2.67 bits per heavy atom. The molecule has 0 radical (unpaired) electrons. The van der Waals surface area contributed by atoms with Crippen LogP contribution in [0.5, 0.6) is 0 Å². The van der Waals surface area contributed by atoms with Crippen LogP contribution in [0, 0.1) is 11.6 Å². The van der Waals surface area contributed by atoms with Gasteiger partial charge in [0, 0.05) is 5.56 Å². The Morgan fingerprint density at radius 1 is 1.39 bits per heavy atom. The zero-order chi connectivity index (χ0) is 13.1. The summed E-state index contributed by atoms with van der Waals surface area (Å²) in [7, 11) is 0. The first-order chi connectivity index (χ1) is 8.61. The van der Waals surface area contributed by atoms with Crippen LogP contribution in [-0.2, 0) is 6.54 Å². The highest BCUT2D eigenvalue weighted by atomic mass is 19.1. The monoisotopic (exact) mass is 253 g/mol. The SMILES string of the molecule is NNC(=O)c1cn(Cc2c(F)cccc2F)nn1. The number of nitrogens with two attached hydrogens (primary N) is 1. The van der Waals surface area contributed by atoms with Gasteiger partial charge in [0.15, 0.2) is 5.69 Å². The van der Waals surface area contributed by atoms with Crippen molar-refractivity contribution in [3.8, 4) is 0 Å². The fourth-order valence-corrected chi connectivity index (χ4v) is 1.40. The summed E-state index contributed by atoms with van der Waals surface area (Å²) >= 11 is 0. The number of amides is 1. The van der Waals surface area contributed by atoms with Gasteiger partial charge in [-0.3, -0.25) is 10.2 Å². The van der Waals surface area contributed by atoms with E-state index >= 15 is 0 Å². The molecule has 1 heterocycles. The summed E-state index contributed by atoms with van der Waals surface area (Å²) in [6.07, 6.45) is 1.24. The normalized spacial score (nSPS) is 10.4. The van der Waals surface area contributed by atoms with E-state index in [-0.39, 0.29) is 17.8 Å². The third kappa shape index (κ3) is 2.33. The van der Waals surface area contributed by atoms with Gasteiger partial charge in [0.1, 0.15) is 11.6 Å². The minimum Gasteiger partial charge on any atom is -0.289 e. The van der Waals surface area contributed by atoms with Crippen LogP contribution in [0.4, 0.5) is 8.78 Å². The molecule has 1 aromatic heterocycles. The van der Waals surface area contributed by atoms with E-state index in [0.29, 0.717) is 0 Å². The summed E-state index contributed by atoms with van der Waals surface area (Å²) in [6, 6.07) is 3.55. The van der Waals surface area contributed by atoms with Gasteiger partial charge in [-0.15, -0.1) is 5.10 Å². The largest absolute Gasteiger partial charge is 0.289 e. The Balaban J connectivity index is 2.24. The lowest BCUT2D eigenvalue weighted by atomic mass is 10.2. The van der Waals surface area contributed by atoms with Crippen LogP contribution >= 0.6 is 0 Å². The average molecular weight is 253 g/mol. The van der Waals surface area contributed by atoms with Crippen LogP contribution in [0.25, 0.3) is 0 Å². The number of hydrazine groups is 1. The van der Waals surface area contributed by atoms with Crippen molar-refractivity contribution in [3.63, 3.8) is 0 Å². The Hall–Kier alpha value is -2.35. The van der Waals surface area contributed by atoms with E-state index in [4.69, 9.17) is 5.84 Å². The molecule has 0 saturated heterocycles. The number of rotatable bonds is 3. The van der Waals surface area contributed by atoms with E-state index in [1.165, 1.54) is 12.3 Å². The van der Waals surface area contributed by atoms with E-state index in [1.54, 1.807) is 0 Å². The Kier molecular flexibility index (Phi) is 3.28. The molecule has 0 bridgehead atoms. The Labute approximate surface area is 100 Å². The predicted molar refractivity (Wildman–Crippen MR) is 57.1 cm³/mol. The smallest absolute Gasteiger partial charge is 0.287 e. The van der Waals surface area contributed by atoms with E-state index < -0.39 is 17.5 Å². The van der Waals surface area contributed by atoms with Crippen molar-refractivity contribution >= 4 is 5.91 Å². The standard InChI is InChI=1S/C10H9F2N5O/c11-7-2-1-3-8(12)6(7)4-17-5-9(15-16-17)10(18)14-13/h1-3,5H,4,13H2,(H,14,18). The number of hydrogen-bond donors (Lipinski definition) is 2. The molecule has 0 atom stereocenters. The minimum atomic E-state index is -0.685. The van der Waals surface area contributed by atoms with Crippen LogP contribution in [0.15, 0.2) is 24.4 Å². The molecule has 1 aromatic carbocycles. The molecule has 0 aliphatic heterocycles. The third-order valence-electron chi connectivity index (χ3n) is 2.28. The Morgan fingerprint density at radius 2 is 2.06 bits per heavy atom. The number of benzene rings is 1. The molecule has 0 aliphatic carbocycles. The van der Waals surface area contributed by atoms with Gasteiger partial charge < -0.3 is 0 Å². The minimum absolute atomic E-state index is 0.0331. The second-order valence-electron chi connectivity index (χ2n) is 3.48. The number of nitrogens with one attached hydrogen (secondary N) is 1. The highest BCUT2D eigenvalue weighted by molar-refractivity contribution is 5.91. The number of nitrogens with zero attached hydrogens (tertiary/aromatic N) is 3. The molecule has 3 N–H and O–H groups in total. The topological polar surface area (TPSA) is 85.8 Å². The van der Waals surface area contributed by atoms with E-state index in [1.807, 2.05) is 5.43 Å². The molecule has 94 valence electrons. The number of carbonyl (C=O) groups excluding carboxylic acids is 1. The number of aromatic nitrogens is 3. The van der Waals surface area contributed by atoms with Crippen molar-refractivity contribution in [1.29, 1.82) is 0 Å². The maximum absolute atomic E-state index is 13.4. The van der Waals surface area contributed by atoms with E-state index in [2.05, 4.69) is 10.3 Å². The summed E-state index contributed by atoms with van der Waals surface area (Å²) in [6.45, 7) is -0.163. The molecular formula is C10H9F2N5O. The number of halogens is 2. The third-order valence-corrected chi connectivity index (χ3v) is 2.28. The summed E-state index contributed by atoms with van der Waals surface area (Å²) in [5.74, 6) is 2.92. The van der Waals surface area contributed by atoms with Gasteiger partial charge in [0.2, 0.25) is 0 Å². The van der Waals surface area contributed by atoms with Gasteiger partial charge >= 0.3 is 0 Å². The van der Waals surface area contributed by atoms with Gasteiger partial charge in [0.25, 0.3) is 5.91 Å². The molecule has 0 fully saturated rings. The van der Waals surface area contributed by atoms with Gasteiger partial charge in [-0.1, -0.05) is 11.3 Å². The second-order valence-corrected chi connectivity index (χ2v) is 3.48. The molecule has 8 heteroatoms. The van der Waals surface area contributed by atoms with E-state index in [9.17, 15) is 13.6 Å². The number of carbonyl (C=O) groups is 1. The highest BCUT2D eigenvalue weighted by Gasteiger charge is 2.12. The average Bonchev–Trinajstić information content (AvgIpc) is 2.81. The highest BCUT2D eigenvalue weighted by Crippen LogP contribution is 2.13. The molecule has 1 amide bonds. The molecular weight excluding hydrogens is 244 g/mol. The number of hydrogen-bond acceptors (Lipinski definition) is 4. The molecule has 0 unspecified atom stereocenters. The first kappa shape index (κ1) is 12.1. The molecule has 0 saturated carbocycles. The zero-order valence-corrected chi connectivity index (χ0v) is 9.10. The second kappa shape index (κ2) is 4.88. The van der Waals surface area contributed by atoms with E-state index in [0.717, 1.165) is 16.8 Å². The first-order valence-corrected chi connectivity index (χ1v) is 4.96. The van der Waals surface area contributed by atoms with Crippen molar-refractivity contribution in [2.45, 2.75) is 6.54 Å². The van der Waals surface area contributed by atoms with Crippen molar-refractivity contribution in [2.75, 3.05) is 0 Å². The summed E-state index contributed by atoms with van der Waals surface area (Å²) in [5, 5.41) is 7.10. The van der Waals surface area contributed by atoms with Crippen LogP contribution in [0.2, 0.25) is 0 Å². The molecule has 0 aliphatic rings. The van der Waals surface area contributed by atoms with Crippen molar-refractivity contribution in [3.05, 3.63) is 47.3 Å². The molecule has 18 heavy (non-hydrogen) atoms.